The highest BCUT2D eigenvalue weighted by Crippen LogP contribution is 2.49. The molecule has 0 N–H and O–H groups in total. The van der Waals surface area contributed by atoms with Gasteiger partial charge in [-0.15, -0.1) is 0 Å². The van der Waals surface area contributed by atoms with Gasteiger partial charge in [0.15, 0.2) is 0 Å². The van der Waals surface area contributed by atoms with Crippen LogP contribution in [0.3, 0.4) is 0 Å². The summed E-state index contributed by atoms with van der Waals surface area (Å²) in [7, 11) is 0. The average Bonchev–Trinajstić information content (AvgIpc) is 3.38. The third kappa shape index (κ3) is 4.88. The monoisotopic (exact) mass is 830 g/mol. The second-order valence-corrected chi connectivity index (χ2v) is 18.2. The highest BCUT2D eigenvalue weighted by Gasteiger charge is 2.22. The molecule has 0 spiro atoms. The van der Waals surface area contributed by atoms with Gasteiger partial charge in [-0.2, -0.15) is 0 Å². The van der Waals surface area contributed by atoms with Crippen LogP contribution >= 0.6 is 0 Å². The Morgan fingerprint density at radius 1 is 0.167 bits per heavy atom. The maximum absolute atomic E-state index is 2.48. The van der Waals surface area contributed by atoms with Gasteiger partial charge < -0.3 is 0 Å². The Hall–Kier alpha value is -8.58. The Kier molecular flexibility index (Phi) is 7.31. The normalized spacial score (nSPS) is 12.2. The summed E-state index contributed by atoms with van der Waals surface area (Å²) in [6, 6.07) is 86.8. The lowest BCUT2D eigenvalue weighted by Crippen LogP contribution is -1.93. The molecule has 15 aromatic rings. The van der Waals surface area contributed by atoms with Crippen LogP contribution < -0.4 is 0 Å². The molecule has 0 atom stereocenters. The first-order chi connectivity index (χ1) is 32.8. The van der Waals surface area contributed by atoms with Crippen LogP contribution in [0.15, 0.2) is 231 Å². The lowest BCUT2D eigenvalue weighted by Gasteiger charge is -2.21. The van der Waals surface area contributed by atoms with E-state index in [-0.39, 0.29) is 0 Å². The van der Waals surface area contributed by atoms with E-state index >= 15 is 0 Å². The van der Waals surface area contributed by atoms with Crippen molar-refractivity contribution in [2.75, 3.05) is 0 Å². The molecule has 0 radical (unpaired) electrons. The van der Waals surface area contributed by atoms with Gasteiger partial charge in [-0.3, -0.25) is 0 Å². The minimum atomic E-state index is 1.21. The van der Waals surface area contributed by atoms with Gasteiger partial charge in [-0.25, -0.2) is 0 Å². The van der Waals surface area contributed by atoms with Crippen molar-refractivity contribution >= 4 is 108 Å². The molecule has 0 heterocycles. The van der Waals surface area contributed by atoms with Crippen molar-refractivity contribution in [1.82, 2.24) is 0 Å². The van der Waals surface area contributed by atoms with Gasteiger partial charge in [-0.05, 0) is 164 Å². The van der Waals surface area contributed by atoms with Crippen LogP contribution in [0, 0.1) is 0 Å². The van der Waals surface area contributed by atoms with E-state index in [1.807, 2.05) is 0 Å². The van der Waals surface area contributed by atoms with Crippen LogP contribution in [0.1, 0.15) is 0 Å². The highest BCUT2D eigenvalue weighted by atomic mass is 14.2. The van der Waals surface area contributed by atoms with Crippen LogP contribution in [0.4, 0.5) is 0 Å². The summed E-state index contributed by atoms with van der Waals surface area (Å²) in [5.41, 5.74) is 9.89. The van der Waals surface area contributed by atoms with Gasteiger partial charge in [0.2, 0.25) is 0 Å². The smallest absolute Gasteiger partial charge is 0.00201 e. The number of fused-ring (bicyclic) bond motifs is 6. The first-order valence-electron chi connectivity index (χ1n) is 23.1. The van der Waals surface area contributed by atoms with E-state index in [1.54, 1.807) is 0 Å². The molecule has 0 unspecified atom stereocenters. The zero-order valence-electron chi connectivity index (χ0n) is 35.9. The number of hydrogen-bond acceptors (Lipinski definition) is 0. The van der Waals surface area contributed by atoms with Crippen LogP contribution in [-0.2, 0) is 0 Å². The standard InChI is InChI=1S/C66H38/c1-3-13-39(14-4-1)63-57-31-29-43(45-33-35-55-51-23-9-19-41-17-7-21-49(61(41)51)53-27-11-25-47(45)65(53)55)37-59(57)64(40-15-5-2-6-16-40)60-38-44(30-32-58(60)63)46-34-36-56-52-24-10-20-42-18-8-22-50(62(42)52)54-28-12-26-48(46)66(54)56/h1-38H. The quantitative estimate of drug-likeness (QED) is 0.122. The Morgan fingerprint density at radius 2 is 0.485 bits per heavy atom. The minimum absolute atomic E-state index is 1.21. The fourth-order valence-corrected chi connectivity index (χ4v) is 12.2. The third-order valence-corrected chi connectivity index (χ3v) is 14.9. The molecule has 66 heavy (non-hydrogen) atoms. The summed E-state index contributed by atoms with van der Waals surface area (Å²) in [5, 5.41) is 26.0. The Balaban J connectivity index is 1.03. The minimum Gasteiger partial charge on any atom is -0.0622 e. The SMILES string of the molecule is c1ccc(-c2c3ccc(-c4ccc5c6cccc7cccc(c8cccc4c85)c76)cc3c(-c3ccccc3)c3cc(-c4ccc5c6cccc7cccc(c8cccc4c85)c76)ccc23)cc1. The molecule has 302 valence electrons. The third-order valence-electron chi connectivity index (χ3n) is 14.9. The first-order valence-corrected chi connectivity index (χ1v) is 23.1. The molecule has 0 aliphatic carbocycles. The topological polar surface area (TPSA) is 0 Å². The number of rotatable bonds is 4. The molecule has 0 saturated carbocycles. The van der Waals surface area contributed by atoms with Crippen molar-refractivity contribution < 1.29 is 0 Å². The lowest BCUT2D eigenvalue weighted by atomic mass is 9.82. The fourth-order valence-electron chi connectivity index (χ4n) is 12.2. The van der Waals surface area contributed by atoms with Gasteiger partial charge in [0, 0.05) is 0 Å². The molecule has 0 fully saturated rings. The fraction of sp³-hybridized carbons (Fsp3) is 0. The Morgan fingerprint density at radius 3 is 0.894 bits per heavy atom. The van der Waals surface area contributed by atoms with Crippen LogP contribution in [0.5, 0.6) is 0 Å². The van der Waals surface area contributed by atoms with E-state index < -0.39 is 0 Å². The largest absolute Gasteiger partial charge is 0.0622 e. The highest BCUT2D eigenvalue weighted by molar-refractivity contribution is 6.36. The van der Waals surface area contributed by atoms with Crippen molar-refractivity contribution in [3.63, 3.8) is 0 Å². The van der Waals surface area contributed by atoms with Crippen LogP contribution in [0.25, 0.3) is 152 Å². The Labute approximate surface area is 380 Å². The second kappa shape index (κ2) is 13.5. The van der Waals surface area contributed by atoms with Crippen molar-refractivity contribution in [2.24, 2.45) is 0 Å². The van der Waals surface area contributed by atoms with Crippen molar-refractivity contribution in [2.45, 2.75) is 0 Å². The summed E-state index contributed by atoms with van der Waals surface area (Å²) >= 11 is 0. The van der Waals surface area contributed by atoms with E-state index in [1.165, 1.54) is 152 Å². The summed E-state index contributed by atoms with van der Waals surface area (Å²) in [5.74, 6) is 0. The maximum atomic E-state index is 2.48. The average molecular weight is 831 g/mol. The van der Waals surface area contributed by atoms with E-state index in [0.29, 0.717) is 0 Å². The molecule has 0 aliphatic heterocycles. The summed E-state index contributed by atoms with van der Waals surface area (Å²) in [6.45, 7) is 0. The summed E-state index contributed by atoms with van der Waals surface area (Å²) in [4.78, 5) is 0. The molecule has 0 amide bonds. The molecule has 0 saturated heterocycles. The molecule has 0 heteroatoms. The van der Waals surface area contributed by atoms with Crippen LogP contribution in [-0.4, -0.2) is 0 Å². The maximum Gasteiger partial charge on any atom is -0.00201 e. The molecule has 15 rings (SSSR count). The van der Waals surface area contributed by atoms with E-state index in [4.69, 9.17) is 0 Å². The second-order valence-electron chi connectivity index (χ2n) is 18.2. The molecular weight excluding hydrogens is 793 g/mol. The molecule has 0 aliphatic rings. The van der Waals surface area contributed by atoms with Crippen LogP contribution in [0.2, 0.25) is 0 Å². The lowest BCUT2D eigenvalue weighted by molar-refractivity contribution is 1.64. The summed E-state index contributed by atoms with van der Waals surface area (Å²) < 4.78 is 0. The van der Waals surface area contributed by atoms with Gasteiger partial charge in [0.05, 0.1) is 0 Å². The van der Waals surface area contributed by atoms with E-state index in [2.05, 4.69) is 231 Å². The summed E-state index contributed by atoms with van der Waals surface area (Å²) in [6.07, 6.45) is 0. The van der Waals surface area contributed by atoms with Crippen molar-refractivity contribution in [3.05, 3.63) is 231 Å². The molecule has 15 aromatic carbocycles. The zero-order valence-corrected chi connectivity index (χ0v) is 35.9. The number of benzene rings is 15. The molecule has 0 aromatic heterocycles. The van der Waals surface area contributed by atoms with Gasteiger partial charge >= 0.3 is 0 Å². The number of hydrogen-bond donors (Lipinski definition) is 0. The van der Waals surface area contributed by atoms with Crippen molar-refractivity contribution in [3.8, 4) is 44.5 Å². The molecule has 0 nitrogen and oxygen atoms in total. The Bertz CT molecular complexity index is 4130. The first kappa shape index (κ1) is 35.8. The predicted octanol–water partition coefficient (Wildman–Crippen LogP) is 18.8. The van der Waals surface area contributed by atoms with Gasteiger partial charge in [-0.1, -0.05) is 218 Å². The zero-order chi connectivity index (χ0) is 43.0. The van der Waals surface area contributed by atoms with E-state index in [0.717, 1.165) is 0 Å². The molecular formula is C66H38. The van der Waals surface area contributed by atoms with Gasteiger partial charge in [0.1, 0.15) is 0 Å². The molecule has 0 bridgehead atoms. The van der Waals surface area contributed by atoms with Gasteiger partial charge in [0.25, 0.3) is 0 Å². The van der Waals surface area contributed by atoms with Crippen molar-refractivity contribution in [1.29, 1.82) is 0 Å². The predicted molar refractivity (Wildman–Crippen MR) is 286 cm³/mol. The van der Waals surface area contributed by atoms with E-state index in [9.17, 15) is 0 Å².